The van der Waals surface area contributed by atoms with Gasteiger partial charge in [0.15, 0.2) is 0 Å². The maximum absolute atomic E-state index is 12.8. The number of alkyl halides is 3. The second kappa shape index (κ2) is 8.78. The lowest BCUT2D eigenvalue weighted by atomic mass is 10.2. The number of carbonyl (C=O) groups excluding carboxylic acids is 2. The monoisotopic (exact) mass is 428 g/mol. The van der Waals surface area contributed by atoms with Crippen LogP contribution in [-0.4, -0.2) is 43.6 Å². The highest BCUT2D eigenvalue weighted by molar-refractivity contribution is 7.18. The van der Waals surface area contributed by atoms with Crippen molar-refractivity contribution in [3.8, 4) is 16.2 Å². The standard InChI is InChI=1S/C18H15F3N2O5S/c1-27-10-5-3-9(4-6-10)13-7-12(14(29-13)16(22)25)23-8-11(17(26)28-2)15(24)18(19,20)21/h3-8,24H,1-2H3,(H2,22,25)/b15-11+,23-8?. The number of aliphatic imine (C=N–C) groups is 1. The summed E-state index contributed by atoms with van der Waals surface area (Å²) in [5.41, 5.74) is 4.72. The second-order valence-electron chi connectivity index (χ2n) is 5.43. The van der Waals surface area contributed by atoms with Crippen LogP contribution in [0.2, 0.25) is 0 Å². The van der Waals surface area contributed by atoms with Crippen LogP contribution in [0.3, 0.4) is 0 Å². The highest BCUT2D eigenvalue weighted by atomic mass is 32.1. The van der Waals surface area contributed by atoms with Crippen molar-refractivity contribution < 1.29 is 37.3 Å². The Hall–Kier alpha value is -3.34. The zero-order chi connectivity index (χ0) is 21.8. The van der Waals surface area contributed by atoms with Crippen LogP contribution in [0.25, 0.3) is 10.4 Å². The molecular weight excluding hydrogens is 413 g/mol. The summed E-state index contributed by atoms with van der Waals surface area (Å²) < 4.78 is 47.6. The molecular formula is C18H15F3N2O5S. The molecule has 0 aliphatic rings. The number of halogens is 3. The summed E-state index contributed by atoms with van der Waals surface area (Å²) in [6.07, 6.45) is -4.72. The summed E-state index contributed by atoms with van der Waals surface area (Å²) in [6, 6.07) is 8.20. The van der Waals surface area contributed by atoms with Crippen molar-refractivity contribution in [2.45, 2.75) is 6.18 Å². The summed E-state index contributed by atoms with van der Waals surface area (Å²) in [6.45, 7) is 0. The number of primary amides is 1. The van der Waals surface area contributed by atoms with E-state index in [-0.39, 0.29) is 10.6 Å². The third kappa shape index (κ3) is 5.13. The summed E-state index contributed by atoms with van der Waals surface area (Å²) in [4.78, 5) is 27.6. The molecule has 0 fully saturated rings. The highest BCUT2D eigenvalue weighted by Gasteiger charge is 2.38. The molecule has 2 rings (SSSR count). The van der Waals surface area contributed by atoms with Gasteiger partial charge in [-0.2, -0.15) is 13.2 Å². The Morgan fingerprint density at radius 2 is 1.83 bits per heavy atom. The molecule has 0 bridgehead atoms. The number of aliphatic hydroxyl groups excluding tert-OH is 1. The molecule has 3 N–H and O–H groups in total. The van der Waals surface area contributed by atoms with Gasteiger partial charge in [-0.05, 0) is 35.9 Å². The summed E-state index contributed by atoms with van der Waals surface area (Å²) in [5, 5.41) is 9.30. The lowest BCUT2D eigenvalue weighted by Crippen LogP contribution is -2.19. The number of hydrogen-bond acceptors (Lipinski definition) is 7. The number of nitrogens with zero attached hydrogens (tertiary/aromatic N) is 1. The van der Waals surface area contributed by atoms with E-state index in [1.807, 2.05) is 0 Å². The van der Waals surface area contributed by atoms with Crippen molar-refractivity contribution in [3.05, 3.63) is 46.5 Å². The predicted octanol–water partition coefficient (Wildman–Crippen LogP) is 3.77. The van der Waals surface area contributed by atoms with Gasteiger partial charge in [0.05, 0.1) is 19.9 Å². The summed E-state index contributed by atoms with van der Waals surface area (Å²) >= 11 is 0.968. The molecule has 0 saturated heterocycles. The van der Waals surface area contributed by atoms with E-state index in [2.05, 4.69) is 9.73 Å². The van der Waals surface area contributed by atoms with Crippen LogP contribution in [0, 0.1) is 0 Å². The van der Waals surface area contributed by atoms with Crippen LogP contribution in [-0.2, 0) is 9.53 Å². The van der Waals surface area contributed by atoms with Crippen molar-refractivity contribution in [1.29, 1.82) is 0 Å². The first-order chi connectivity index (χ1) is 13.6. The molecule has 0 atom stereocenters. The average molecular weight is 428 g/mol. The second-order valence-corrected chi connectivity index (χ2v) is 6.48. The first kappa shape index (κ1) is 22.0. The van der Waals surface area contributed by atoms with Gasteiger partial charge < -0.3 is 20.3 Å². The number of allylic oxidation sites excluding steroid dienone is 1. The maximum Gasteiger partial charge on any atom is 0.449 e. The number of nitrogens with two attached hydrogens (primary N) is 1. The Kier molecular flexibility index (Phi) is 6.64. The minimum absolute atomic E-state index is 0.0391. The van der Waals surface area contributed by atoms with Crippen molar-refractivity contribution in [2.24, 2.45) is 10.7 Å². The number of esters is 1. The van der Waals surface area contributed by atoms with E-state index in [1.165, 1.54) is 13.2 Å². The summed E-state index contributed by atoms with van der Waals surface area (Å²) in [5.74, 6) is -3.87. The molecule has 0 aliphatic carbocycles. The molecule has 2 aromatic rings. The molecule has 7 nitrogen and oxygen atoms in total. The summed E-state index contributed by atoms with van der Waals surface area (Å²) in [7, 11) is 2.35. The van der Waals surface area contributed by atoms with E-state index in [0.29, 0.717) is 22.4 Å². The molecule has 1 aromatic heterocycles. The fourth-order valence-corrected chi connectivity index (χ4v) is 3.12. The lowest BCUT2D eigenvalue weighted by Gasteiger charge is -2.08. The quantitative estimate of drug-likeness (QED) is 0.315. The number of ether oxygens (including phenoxy) is 2. The number of amides is 1. The van der Waals surface area contributed by atoms with Gasteiger partial charge in [0.1, 0.15) is 16.2 Å². The fraction of sp³-hybridized carbons (Fsp3) is 0.167. The van der Waals surface area contributed by atoms with Gasteiger partial charge >= 0.3 is 12.1 Å². The first-order valence-corrected chi connectivity index (χ1v) is 8.61. The highest BCUT2D eigenvalue weighted by Crippen LogP contribution is 2.37. The minimum Gasteiger partial charge on any atom is -0.504 e. The lowest BCUT2D eigenvalue weighted by molar-refractivity contribution is -0.139. The third-order valence-corrected chi connectivity index (χ3v) is 4.76. The third-order valence-electron chi connectivity index (χ3n) is 3.57. The van der Waals surface area contributed by atoms with Gasteiger partial charge in [-0.3, -0.25) is 9.79 Å². The van der Waals surface area contributed by atoms with E-state index in [1.54, 1.807) is 24.3 Å². The fourth-order valence-electron chi connectivity index (χ4n) is 2.16. The topological polar surface area (TPSA) is 111 Å². The molecule has 0 unspecified atom stereocenters. The van der Waals surface area contributed by atoms with Gasteiger partial charge in [-0.15, -0.1) is 11.3 Å². The molecule has 1 heterocycles. The molecule has 0 saturated carbocycles. The van der Waals surface area contributed by atoms with E-state index < -0.39 is 29.4 Å². The van der Waals surface area contributed by atoms with Gasteiger partial charge in [0, 0.05) is 11.1 Å². The predicted molar refractivity (Wildman–Crippen MR) is 101 cm³/mol. The normalized spacial score (nSPS) is 12.6. The molecule has 0 spiro atoms. The number of carbonyl (C=O) groups is 2. The molecule has 29 heavy (non-hydrogen) atoms. The molecule has 1 amide bonds. The number of methoxy groups -OCH3 is 2. The Labute approximate surface area is 166 Å². The van der Waals surface area contributed by atoms with Crippen LogP contribution >= 0.6 is 11.3 Å². The maximum atomic E-state index is 12.8. The molecule has 154 valence electrons. The van der Waals surface area contributed by atoms with E-state index in [9.17, 15) is 27.9 Å². The van der Waals surface area contributed by atoms with E-state index in [4.69, 9.17) is 10.5 Å². The van der Waals surface area contributed by atoms with E-state index in [0.717, 1.165) is 18.4 Å². The number of aliphatic hydroxyl groups is 1. The van der Waals surface area contributed by atoms with Gasteiger partial charge in [0.25, 0.3) is 5.91 Å². The first-order valence-electron chi connectivity index (χ1n) is 7.79. The molecule has 11 heteroatoms. The van der Waals surface area contributed by atoms with E-state index >= 15 is 0 Å². The molecule has 0 aliphatic heterocycles. The Morgan fingerprint density at radius 3 is 2.31 bits per heavy atom. The minimum atomic E-state index is -5.19. The van der Waals surface area contributed by atoms with Gasteiger partial charge in [-0.1, -0.05) is 0 Å². The zero-order valence-electron chi connectivity index (χ0n) is 15.1. The van der Waals surface area contributed by atoms with Crippen LogP contribution in [0.5, 0.6) is 5.75 Å². The number of benzene rings is 1. The van der Waals surface area contributed by atoms with Crippen molar-refractivity contribution in [1.82, 2.24) is 0 Å². The van der Waals surface area contributed by atoms with Crippen molar-refractivity contribution in [3.63, 3.8) is 0 Å². The van der Waals surface area contributed by atoms with Crippen LogP contribution < -0.4 is 10.5 Å². The SMILES string of the molecule is COC(=O)/C(C=Nc1cc(-c2ccc(OC)cc2)sc1C(N)=O)=C(/O)C(F)(F)F. The smallest absolute Gasteiger partial charge is 0.449 e. The Balaban J connectivity index is 2.51. The number of thiophene rings is 1. The van der Waals surface area contributed by atoms with Crippen LogP contribution in [0.15, 0.2) is 46.7 Å². The van der Waals surface area contributed by atoms with Crippen LogP contribution in [0.4, 0.5) is 18.9 Å². The Morgan fingerprint density at radius 1 is 1.21 bits per heavy atom. The zero-order valence-corrected chi connectivity index (χ0v) is 15.9. The van der Waals surface area contributed by atoms with Gasteiger partial charge in [0.2, 0.25) is 5.76 Å². The largest absolute Gasteiger partial charge is 0.504 e. The van der Waals surface area contributed by atoms with Crippen molar-refractivity contribution >= 4 is 35.1 Å². The average Bonchev–Trinajstić information content (AvgIpc) is 3.11. The van der Waals surface area contributed by atoms with Crippen LogP contribution in [0.1, 0.15) is 9.67 Å². The molecule has 0 radical (unpaired) electrons. The Bertz CT molecular complexity index is 978. The van der Waals surface area contributed by atoms with Crippen molar-refractivity contribution in [2.75, 3.05) is 14.2 Å². The van der Waals surface area contributed by atoms with Gasteiger partial charge in [-0.25, -0.2) is 4.79 Å². The molecule has 1 aromatic carbocycles. The number of rotatable bonds is 6. The number of hydrogen-bond donors (Lipinski definition) is 2.